The van der Waals surface area contributed by atoms with Crippen LogP contribution in [0.25, 0.3) is 0 Å². The third-order valence-corrected chi connectivity index (χ3v) is 3.71. The van der Waals surface area contributed by atoms with Crippen molar-refractivity contribution in [1.29, 1.82) is 0 Å². The van der Waals surface area contributed by atoms with Crippen molar-refractivity contribution in [3.05, 3.63) is 29.3 Å². The lowest BCUT2D eigenvalue weighted by atomic mass is 9.99. The summed E-state index contributed by atoms with van der Waals surface area (Å²) in [5, 5.41) is 3.19. The highest BCUT2D eigenvalue weighted by Gasteiger charge is 2.31. The Labute approximate surface area is 122 Å². The summed E-state index contributed by atoms with van der Waals surface area (Å²) in [5.41, 5.74) is 5.55. The largest absolute Gasteiger partial charge is 0.416 e. The van der Waals surface area contributed by atoms with Gasteiger partial charge in [0, 0.05) is 17.3 Å². The zero-order valence-electron chi connectivity index (χ0n) is 11.7. The van der Waals surface area contributed by atoms with E-state index in [2.05, 4.69) is 19.2 Å². The summed E-state index contributed by atoms with van der Waals surface area (Å²) in [6.07, 6.45) is -3.43. The summed E-state index contributed by atoms with van der Waals surface area (Å²) in [7, 11) is 0. The first-order valence-corrected chi connectivity index (χ1v) is 6.85. The second kappa shape index (κ2) is 6.43. The number of halogens is 3. The van der Waals surface area contributed by atoms with Gasteiger partial charge in [0.15, 0.2) is 0 Å². The molecule has 0 bridgehead atoms. The number of hydrogen-bond acceptors (Lipinski definition) is 2. The van der Waals surface area contributed by atoms with Crippen LogP contribution in [0, 0.1) is 5.92 Å². The summed E-state index contributed by atoms with van der Waals surface area (Å²) in [5.74, 6) is 0.386. The topological polar surface area (TPSA) is 38.0 Å². The number of nitrogens with two attached hydrogens (primary N) is 1. The van der Waals surface area contributed by atoms with Crippen LogP contribution >= 0.6 is 12.2 Å². The number of benzene rings is 1. The van der Waals surface area contributed by atoms with Gasteiger partial charge in [-0.1, -0.05) is 32.5 Å². The van der Waals surface area contributed by atoms with Crippen molar-refractivity contribution in [2.24, 2.45) is 11.7 Å². The van der Waals surface area contributed by atoms with Crippen molar-refractivity contribution in [3.63, 3.8) is 0 Å². The minimum atomic E-state index is -4.40. The predicted octanol–water partition coefficient (Wildman–Crippen LogP) is 4.19. The Kier molecular flexibility index (Phi) is 5.39. The SMILES string of the molecule is CCC(C)C(C)Nc1ccc(C(F)(F)F)cc1C(N)=S. The molecule has 1 aromatic carbocycles. The Balaban J connectivity index is 3.11. The first-order valence-electron chi connectivity index (χ1n) is 6.44. The van der Waals surface area contributed by atoms with Gasteiger partial charge >= 0.3 is 6.18 Å². The highest BCUT2D eigenvalue weighted by Crippen LogP contribution is 2.32. The molecule has 112 valence electrons. The van der Waals surface area contributed by atoms with E-state index in [-0.39, 0.29) is 16.6 Å². The van der Waals surface area contributed by atoms with Crippen LogP contribution in [0.3, 0.4) is 0 Å². The number of hydrogen-bond donors (Lipinski definition) is 2. The number of anilines is 1. The summed E-state index contributed by atoms with van der Waals surface area (Å²) < 4.78 is 38.1. The molecule has 0 heterocycles. The summed E-state index contributed by atoms with van der Waals surface area (Å²) >= 11 is 4.85. The maximum atomic E-state index is 12.7. The lowest BCUT2D eigenvalue weighted by Crippen LogP contribution is -2.25. The first kappa shape index (κ1) is 16.8. The van der Waals surface area contributed by atoms with Crippen molar-refractivity contribution >= 4 is 22.9 Å². The summed E-state index contributed by atoms with van der Waals surface area (Å²) in [6, 6.07) is 3.53. The smallest absolute Gasteiger partial charge is 0.389 e. The molecule has 1 aromatic rings. The minimum Gasteiger partial charge on any atom is -0.389 e. The van der Waals surface area contributed by atoms with Gasteiger partial charge in [-0.05, 0) is 31.0 Å². The van der Waals surface area contributed by atoms with Gasteiger partial charge in [0.25, 0.3) is 0 Å². The summed E-state index contributed by atoms with van der Waals surface area (Å²) in [4.78, 5) is -0.0463. The van der Waals surface area contributed by atoms with E-state index in [1.54, 1.807) is 0 Å². The number of rotatable bonds is 5. The molecule has 20 heavy (non-hydrogen) atoms. The van der Waals surface area contributed by atoms with E-state index < -0.39 is 11.7 Å². The Morgan fingerprint density at radius 1 is 1.35 bits per heavy atom. The highest BCUT2D eigenvalue weighted by atomic mass is 32.1. The minimum absolute atomic E-state index is 0.0463. The van der Waals surface area contributed by atoms with Crippen LogP contribution in [-0.2, 0) is 6.18 Å². The average molecular weight is 304 g/mol. The van der Waals surface area contributed by atoms with Gasteiger partial charge in [0.2, 0.25) is 0 Å². The molecule has 6 heteroatoms. The van der Waals surface area contributed by atoms with Gasteiger partial charge in [0.05, 0.1) is 5.56 Å². The Hall–Kier alpha value is -1.30. The van der Waals surface area contributed by atoms with Crippen LogP contribution in [0.15, 0.2) is 18.2 Å². The van der Waals surface area contributed by atoms with Gasteiger partial charge in [-0.3, -0.25) is 0 Å². The van der Waals surface area contributed by atoms with E-state index in [0.717, 1.165) is 18.6 Å². The van der Waals surface area contributed by atoms with E-state index in [0.29, 0.717) is 11.6 Å². The lowest BCUT2D eigenvalue weighted by Gasteiger charge is -2.23. The summed E-state index contributed by atoms with van der Waals surface area (Å²) in [6.45, 7) is 6.11. The first-order chi connectivity index (χ1) is 9.16. The fourth-order valence-corrected chi connectivity index (χ4v) is 1.96. The predicted molar refractivity (Wildman–Crippen MR) is 79.9 cm³/mol. The monoisotopic (exact) mass is 304 g/mol. The molecular formula is C14H19F3N2S. The molecule has 0 saturated carbocycles. The van der Waals surface area contributed by atoms with Crippen molar-refractivity contribution in [2.75, 3.05) is 5.32 Å². The molecule has 0 aliphatic carbocycles. The van der Waals surface area contributed by atoms with Crippen molar-refractivity contribution in [2.45, 2.75) is 39.4 Å². The Morgan fingerprint density at radius 3 is 2.40 bits per heavy atom. The van der Waals surface area contributed by atoms with Crippen molar-refractivity contribution in [1.82, 2.24) is 0 Å². The molecule has 0 aliphatic heterocycles. The highest BCUT2D eigenvalue weighted by molar-refractivity contribution is 7.80. The number of thiocarbonyl (C=S) groups is 1. The Morgan fingerprint density at radius 2 is 1.95 bits per heavy atom. The van der Waals surface area contributed by atoms with E-state index in [4.69, 9.17) is 18.0 Å². The molecule has 0 amide bonds. The zero-order chi connectivity index (χ0) is 15.5. The normalized spacial score (nSPS) is 14.7. The maximum Gasteiger partial charge on any atom is 0.416 e. The quantitative estimate of drug-likeness (QED) is 0.801. The maximum absolute atomic E-state index is 12.7. The zero-order valence-corrected chi connectivity index (χ0v) is 12.5. The molecule has 0 radical (unpaired) electrons. The fourth-order valence-electron chi connectivity index (χ4n) is 1.79. The molecule has 0 saturated heterocycles. The lowest BCUT2D eigenvalue weighted by molar-refractivity contribution is -0.137. The van der Waals surface area contributed by atoms with Crippen LogP contribution in [0.1, 0.15) is 38.3 Å². The molecule has 2 unspecified atom stereocenters. The second-order valence-corrected chi connectivity index (χ2v) is 5.38. The fraction of sp³-hybridized carbons (Fsp3) is 0.500. The molecule has 0 fully saturated rings. The molecule has 3 N–H and O–H groups in total. The molecular weight excluding hydrogens is 285 g/mol. The van der Waals surface area contributed by atoms with Crippen LogP contribution < -0.4 is 11.1 Å². The number of alkyl halides is 3. The molecule has 2 nitrogen and oxygen atoms in total. The van der Waals surface area contributed by atoms with Crippen LogP contribution in [-0.4, -0.2) is 11.0 Å². The molecule has 0 spiro atoms. The molecule has 0 aliphatic rings. The average Bonchev–Trinajstić information content (AvgIpc) is 2.36. The van der Waals surface area contributed by atoms with Gasteiger partial charge in [-0.25, -0.2) is 0 Å². The van der Waals surface area contributed by atoms with E-state index in [1.165, 1.54) is 6.07 Å². The van der Waals surface area contributed by atoms with Gasteiger partial charge in [0.1, 0.15) is 4.99 Å². The van der Waals surface area contributed by atoms with Crippen molar-refractivity contribution < 1.29 is 13.2 Å². The molecule has 0 aromatic heterocycles. The van der Waals surface area contributed by atoms with E-state index in [9.17, 15) is 13.2 Å². The Bertz CT molecular complexity index is 486. The van der Waals surface area contributed by atoms with Crippen LogP contribution in [0.2, 0.25) is 0 Å². The van der Waals surface area contributed by atoms with Gasteiger partial charge in [-0.15, -0.1) is 0 Å². The molecule has 1 rings (SSSR count). The van der Waals surface area contributed by atoms with Crippen LogP contribution in [0.4, 0.5) is 18.9 Å². The van der Waals surface area contributed by atoms with Gasteiger partial charge < -0.3 is 11.1 Å². The standard InChI is InChI=1S/C14H19F3N2S/c1-4-8(2)9(3)19-12-6-5-10(14(15,16)17)7-11(12)13(18)20/h5-9,19H,4H2,1-3H3,(H2,18,20). The second-order valence-electron chi connectivity index (χ2n) is 4.94. The van der Waals surface area contributed by atoms with Crippen molar-refractivity contribution in [3.8, 4) is 0 Å². The van der Waals surface area contributed by atoms with Gasteiger partial charge in [-0.2, -0.15) is 13.2 Å². The van der Waals surface area contributed by atoms with Crippen LogP contribution in [0.5, 0.6) is 0 Å². The third kappa shape index (κ3) is 4.10. The number of nitrogens with one attached hydrogen (secondary N) is 1. The van der Waals surface area contributed by atoms with E-state index in [1.807, 2.05) is 6.92 Å². The third-order valence-electron chi connectivity index (χ3n) is 3.49. The molecule has 2 atom stereocenters. The van der Waals surface area contributed by atoms with E-state index >= 15 is 0 Å².